The molecule has 0 radical (unpaired) electrons. The molecule has 0 aliphatic carbocycles. The van der Waals surface area contributed by atoms with Crippen LogP contribution in [0.25, 0.3) is 0 Å². The molecule has 0 aliphatic heterocycles. The van der Waals surface area contributed by atoms with Crippen molar-refractivity contribution in [1.82, 2.24) is 0 Å². The number of nitrogens with zero attached hydrogens (tertiary/aromatic N) is 1. The maximum absolute atomic E-state index is 10.3. The summed E-state index contributed by atoms with van der Waals surface area (Å²) >= 11 is 6.70. The molecule has 0 bridgehead atoms. The van der Waals surface area contributed by atoms with Crippen LogP contribution < -0.4 is 0 Å². The van der Waals surface area contributed by atoms with Crippen LogP contribution in [-0.4, -0.2) is 23.7 Å². The molecule has 11 heavy (non-hydrogen) atoms. The summed E-state index contributed by atoms with van der Waals surface area (Å²) in [6.07, 6.45) is 0. The molecule has 1 unspecified atom stereocenters. The maximum atomic E-state index is 10.3. The molecule has 0 heterocycles. The van der Waals surface area contributed by atoms with Crippen molar-refractivity contribution in [3.05, 3.63) is 0 Å². The minimum Gasteiger partial charge on any atom is -0.464 e. The van der Waals surface area contributed by atoms with E-state index in [-0.39, 0.29) is 18.0 Å². The SMILES string of the molecule is CC(=O)OCC(Cl)CSC#N. The molecule has 0 aliphatic rings. The van der Waals surface area contributed by atoms with E-state index in [2.05, 4.69) is 4.74 Å². The second-order valence-electron chi connectivity index (χ2n) is 1.80. The first-order chi connectivity index (χ1) is 5.16. The van der Waals surface area contributed by atoms with Gasteiger partial charge < -0.3 is 4.74 Å². The summed E-state index contributed by atoms with van der Waals surface area (Å²) in [4.78, 5) is 10.3. The fourth-order valence-corrected chi connectivity index (χ4v) is 0.987. The Kier molecular flexibility index (Phi) is 6.09. The summed E-state index contributed by atoms with van der Waals surface area (Å²) in [6.45, 7) is 1.49. The van der Waals surface area contributed by atoms with E-state index in [1.807, 2.05) is 5.40 Å². The Morgan fingerprint density at radius 1 is 1.91 bits per heavy atom. The Bertz CT molecular complexity index is 168. The Morgan fingerprint density at radius 3 is 3.00 bits per heavy atom. The Morgan fingerprint density at radius 2 is 2.55 bits per heavy atom. The van der Waals surface area contributed by atoms with E-state index in [0.29, 0.717) is 5.75 Å². The Balaban J connectivity index is 3.31. The molecular weight excluding hydrogens is 186 g/mol. The van der Waals surface area contributed by atoms with Crippen LogP contribution in [0.15, 0.2) is 0 Å². The monoisotopic (exact) mass is 193 g/mol. The second-order valence-corrected chi connectivity index (χ2v) is 3.22. The quantitative estimate of drug-likeness (QED) is 0.385. The zero-order chi connectivity index (χ0) is 8.69. The molecule has 0 rings (SSSR count). The number of carbonyl (C=O) groups is 1. The molecule has 0 aromatic carbocycles. The molecule has 0 N–H and O–H groups in total. The van der Waals surface area contributed by atoms with Gasteiger partial charge in [-0.3, -0.25) is 4.79 Å². The van der Waals surface area contributed by atoms with E-state index in [9.17, 15) is 4.79 Å². The van der Waals surface area contributed by atoms with E-state index in [1.54, 1.807) is 0 Å². The van der Waals surface area contributed by atoms with Gasteiger partial charge in [0.1, 0.15) is 12.0 Å². The average Bonchev–Trinajstić information content (AvgIpc) is 1.97. The van der Waals surface area contributed by atoms with Crippen LogP contribution in [0.2, 0.25) is 0 Å². The second kappa shape index (κ2) is 6.32. The van der Waals surface area contributed by atoms with Gasteiger partial charge in [-0.25, -0.2) is 0 Å². The number of nitriles is 1. The van der Waals surface area contributed by atoms with Crippen molar-refractivity contribution >= 4 is 29.3 Å². The number of halogens is 1. The highest BCUT2D eigenvalue weighted by atomic mass is 35.5. The van der Waals surface area contributed by atoms with E-state index >= 15 is 0 Å². The maximum Gasteiger partial charge on any atom is 0.302 e. The third kappa shape index (κ3) is 7.50. The lowest BCUT2D eigenvalue weighted by atomic mass is 10.5. The minimum atomic E-state index is -0.349. The third-order valence-electron chi connectivity index (χ3n) is 0.796. The number of alkyl halides is 1. The highest BCUT2D eigenvalue weighted by molar-refractivity contribution is 8.03. The number of esters is 1. The molecule has 0 saturated heterocycles. The number of hydrogen-bond donors (Lipinski definition) is 0. The first kappa shape index (κ1) is 10.6. The van der Waals surface area contributed by atoms with Gasteiger partial charge in [-0.2, -0.15) is 5.26 Å². The molecule has 1 atom stereocenters. The lowest BCUT2D eigenvalue weighted by Gasteiger charge is -2.05. The van der Waals surface area contributed by atoms with Crippen molar-refractivity contribution in [1.29, 1.82) is 5.26 Å². The first-order valence-corrected chi connectivity index (χ1v) is 4.37. The van der Waals surface area contributed by atoms with Crippen LogP contribution in [0.3, 0.4) is 0 Å². The van der Waals surface area contributed by atoms with Crippen LogP contribution >= 0.6 is 23.4 Å². The van der Waals surface area contributed by atoms with Crippen molar-refractivity contribution in [2.45, 2.75) is 12.3 Å². The number of ether oxygens (including phenoxy) is 1. The fraction of sp³-hybridized carbons (Fsp3) is 0.667. The predicted octanol–water partition coefficient (Wildman–Crippen LogP) is 1.37. The van der Waals surface area contributed by atoms with Crippen LogP contribution in [0.1, 0.15) is 6.92 Å². The van der Waals surface area contributed by atoms with Gasteiger partial charge in [0.25, 0.3) is 0 Å². The standard InChI is InChI=1S/C6H8ClNO2S/c1-5(9)10-2-6(7)3-11-4-8/h6H,2-3H2,1H3. The van der Waals surface area contributed by atoms with Crippen LogP contribution in [-0.2, 0) is 9.53 Å². The van der Waals surface area contributed by atoms with Gasteiger partial charge >= 0.3 is 5.97 Å². The van der Waals surface area contributed by atoms with Gasteiger partial charge in [-0.15, -0.1) is 11.6 Å². The van der Waals surface area contributed by atoms with Gasteiger partial charge in [0.05, 0.1) is 5.38 Å². The smallest absolute Gasteiger partial charge is 0.302 e. The van der Waals surface area contributed by atoms with Gasteiger partial charge in [0.15, 0.2) is 0 Å². The number of thiocyanates is 1. The molecule has 0 aromatic rings. The zero-order valence-corrected chi connectivity index (χ0v) is 7.61. The van der Waals surface area contributed by atoms with Crippen molar-refractivity contribution in [3.8, 4) is 5.40 Å². The minimum absolute atomic E-state index is 0.172. The van der Waals surface area contributed by atoms with Gasteiger partial charge in [-0.1, -0.05) is 0 Å². The normalized spacial score (nSPS) is 11.7. The first-order valence-electron chi connectivity index (χ1n) is 2.95. The van der Waals surface area contributed by atoms with Crippen molar-refractivity contribution < 1.29 is 9.53 Å². The van der Waals surface area contributed by atoms with Gasteiger partial charge in [0, 0.05) is 12.7 Å². The zero-order valence-electron chi connectivity index (χ0n) is 6.04. The molecule has 62 valence electrons. The van der Waals surface area contributed by atoms with Crippen molar-refractivity contribution in [2.24, 2.45) is 0 Å². The summed E-state index contributed by atoms with van der Waals surface area (Å²) < 4.78 is 4.61. The molecule has 0 aromatic heterocycles. The van der Waals surface area contributed by atoms with E-state index in [1.165, 1.54) is 6.92 Å². The molecule has 0 fully saturated rings. The average molecular weight is 194 g/mol. The Labute approximate surface area is 74.7 Å². The van der Waals surface area contributed by atoms with Crippen molar-refractivity contribution in [2.75, 3.05) is 12.4 Å². The molecule has 3 nitrogen and oxygen atoms in total. The fourth-order valence-electron chi connectivity index (χ4n) is 0.384. The lowest BCUT2D eigenvalue weighted by Crippen LogP contribution is -2.13. The number of thioether (sulfide) groups is 1. The topological polar surface area (TPSA) is 50.1 Å². The van der Waals surface area contributed by atoms with Crippen LogP contribution in [0, 0.1) is 10.7 Å². The molecule has 0 amide bonds. The van der Waals surface area contributed by atoms with Crippen LogP contribution in [0.4, 0.5) is 0 Å². The molecular formula is C6H8ClNO2S. The number of rotatable bonds is 4. The van der Waals surface area contributed by atoms with Gasteiger partial charge in [-0.05, 0) is 11.8 Å². The summed E-state index contributed by atoms with van der Waals surface area (Å²) in [6, 6.07) is 0. The highest BCUT2D eigenvalue weighted by Crippen LogP contribution is 2.06. The summed E-state index contributed by atoms with van der Waals surface area (Å²) in [5.41, 5.74) is 0. The largest absolute Gasteiger partial charge is 0.464 e. The predicted molar refractivity (Wildman–Crippen MR) is 44.3 cm³/mol. The number of hydrogen-bond acceptors (Lipinski definition) is 4. The van der Waals surface area contributed by atoms with Crippen LogP contribution in [0.5, 0.6) is 0 Å². The number of carbonyl (C=O) groups excluding carboxylic acids is 1. The summed E-state index contributed by atoms with van der Waals surface area (Å²) in [5, 5.41) is 9.74. The lowest BCUT2D eigenvalue weighted by molar-refractivity contribution is -0.140. The van der Waals surface area contributed by atoms with E-state index in [0.717, 1.165) is 11.8 Å². The van der Waals surface area contributed by atoms with E-state index in [4.69, 9.17) is 16.9 Å². The molecule has 0 saturated carbocycles. The molecule has 0 spiro atoms. The highest BCUT2D eigenvalue weighted by Gasteiger charge is 2.05. The summed E-state index contributed by atoms with van der Waals surface area (Å²) in [5.74, 6) is 0.128. The Hall–Kier alpha value is -0.400. The van der Waals surface area contributed by atoms with E-state index < -0.39 is 0 Å². The summed E-state index contributed by atoms with van der Waals surface area (Å²) in [7, 11) is 0. The third-order valence-corrected chi connectivity index (χ3v) is 1.96. The van der Waals surface area contributed by atoms with Gasteiger partial charge in [0.2, 0.25) is 0 Å². The molecule has 5 heteroatoms. The van der Waals surface area contributed by atoms with Crippen molar-refractivity contribution in [3.63, 3.8) is 0 Å².